The van der Waals surface area contributed by atoms with Crippen molar-refractivity contribution in [1.29, 1.82) is 0 Å². The summed E-state index contributed by atoms with van der Waals surface area (Å²) in [6.07, 6.45) is -4.83. The van der Waals surface area contributed by atoms with Crippen molar-refractivity contribution < 1.29 is 47.6 Å². The molecule has 4 fully saturated rings. The molecule has 4 aliphatic heterocycles. The maximum Gasteiger partial charge on any atom is 0.249 e. The molecule has 4 amide bonds. The summed E-state index contributed by atoms with van der Waals surface area (Å²) in [6, 6.07) is 1.16. The summed E-state index contributed by atoms with van der Waals surface area (Å²) in [5.74, 6) is -3.82. The normalized spacial score (nSPS) is 32.6. The highest BCUT2D eigenvalue weighted by Crippen LogP contribution is 2.27. The smallest absolute Gasteiger partial charge is 0.249 e. The Morgan fingerprint density at radius 2 is 1.83 bits per heavy atom. The van der Waals surface area contributed by atoms with Crippen LogP contribution in [0.2, 0.25) is 0 Å². The minimum absolute atomic E-state index is 0.0609. The van der Waals surface area contributed by atoms with E-state index in [-0.39, 0.29) is 64.6 Å². The Bertz CT molecular complexity index is 1220. The van der Waals surface area contributed by atoms with Crippen LogP contribution in [0.25, 0.3) is 0 Å². The lowest BCUT2D eigenvalue weighted by atomic mass is 10.0. The van der Waals surface area contributed by atoms with E-state index in [0.717, 1.165) is 12.1 Å². The van der Waals surface area contributed by atoms with Crippen LogP contribution in [0.1, 0.15) is 18.4 Å². The van der Waals surface area contributed by atoms with Gasteiger partial charge in [0.2, 0.25) is 23.6 Å². The van der Waals surface area contributed by atoms with E-state index in [4.69, 9.17) is 9.47 Å². The number of nitrogens with zero attached hydrogens (tertiary/aromatic N) is 3. The molecule has 4 aliphatic rings. The quantitative estimate of drug-likeness (QED) is 0.301. The lowest BCUT2D eigenvalue weighted by Crippen LogP contribution is -2.64. The average Bonchev–Trinajstić information content (AvgIpc) is 3.47. The van der Waals surface area contributed by atoms with Gasteiger partial charge in [-0.05, 0) is 24.1 Å². The number of ether oxygens (including phenoxy) is 2. The Balaban J connectivity index is 1.43. The number of carbonyl (C=O) groups is 4. The van der Waals surface area contributed by atoms with E-state index in [9.17, 15) is 38.2 Å². The first-order valence-electron chi connectivity index (χ1n) is 13.9. The maximum atomic E-state index is 14.0. The number of halogens is 2. The number of fused-ring (bicyclic) bond motifs is 6. The van der Waals surface area contributed by atoms with Crippen LogP contribution in [-0.4, -0.2) is 138 Å². The fourth-order valence-corrected chi connectivity index (χ4v) is 6.19. The molecule has 6 bridgehead atoms. The van der Waals surface area contributed by atoms with E-state index >= 15 is 0 Å². The Morgan fingerprint density at radius 3 is 2.57 bits per heavy atom. The fourth-order valence-electron chi connectivity index (χ4n) is 6.19. The minimum atomic E-state index is -1.37. The summed E-state index contributed by atoms with van der Waals surface area (Å²) >= 11 is 0. The van der Waals surface area contributed by atoms with Gasteiger partial charge in [-0.25, -0.2) is 8.78 Å². The third-order valence-electron chi connectivity index (χ3n) is 8.33. The van der Waals surface area contributed by atoms with Crippen molar-refractivity contribution >= 4 is 23.6 Å². The first-order chi connectivity index (χ1) is 20.0. The molecular weight excluding hydrogens is 560 g/mol. The minimum Gasteiger partial charge on any atom is -0.388 e. The number of aliphatic hydroxyl groups excluding tert-OH is 2. The average molecular weight is 596 g/mol. The number of aliphatic hydroxyl groups is 2. The second-order valence-corrected chi connectivity index (χ2v) is 11.2. The van der Waals surface area contributed by atoms with Crippen molar-refractivity contribution in [2.45, 2.75) is 61.9 Å². The molecule has 0 radical (unpaired) electrons. The Kier molecular flexibility index (Phi) is 9.03. The van der Waals surface area contributed by atoms with Crippen molar-refractivity contribution in [3.8, 4) is 0 Å². The summed E-state index contributed by atoms with van der Waals surface area (Å²) < 4.78 is 38.2. The first-order valence-corrected chi connectivity index (χ1v) is 13.9. The zero-order chi connectivity index (χ0) is 30.1. The highest BCUT2D eigenvalue weighted by molar-refractivity contribution is 5.90. The van der Waals surface area contributed by atoms with Crippen molar-refractivity contribution in [1.82, 2.24) is 25.3 Å². The molecule has 4 N–H and O–H groups in total. The molecule has 5 rings (SSSR count). The summed E-state index contributed by atoms with van der Waals surface area (Å²) in [5.41, 5.74) is 0.430. The summed E-state index contributed by atoms with van der Waals surface area (Å²) in [5, 5.41) is 26.5. The van der Waals surface area contributed by atoms with Gasteiger partial charge in [-0.2, -0.15) is 0 Å². The van der Waals surface area contributed by atoms with Crippen molar-refractivity contribution in [2.24, 2.45) is 0 Å². The van der Waals surface area contributed by atoms with Crippen LogP contribution >= 0.6 is 0 Å². The number of hydrogen-bond acceptors (Lipinski definition) is 9. The van der Waals surface area contributed by atoms with Gasteiger partial charge >= 0.3 is 0 Å². The van der Waals surface area contributed by atoms with Crippen LogP contribution in [0.15, 0.2) is 18.2 Å². The van der Waals surface area contributed by atoms with E-state index in [0.29, 0.717) is 5.56 Å². The molecule has 15 heteroatoms. The van der Waals surface area contributed by atoms with Gasteiger partial charge in [0.05, 0.1) is 25.1 Å². The van der Waals surface area contributed by atoms with E-state index in [1.807, 2.05) is 0 Å². The molecule has 0 aliphatic carbocycles. The lowest BCUT2D eigenvalue weighted by Gasteiger charge is -2.42. The van der Waals surface area contributed by atoms with Crippen LogP contribution < -0.4 is 10.6 Å². The van der Waals surface area contributed by atoms with E-state index < -0.39 is 71.9 Å². The molecule has 0 aromatic heterocycles. The second kappa shape index (κ2) is 12.6. The Morgan fingerprint density at radius 1 is 1.07 bits per heavy atom. The number of hydrogen-bond donors (Lipinski definition) is 4. The molecule has 4 heterocycles. The van der Waals surface area contributed by atoms with Crippen LogP contribution in [0.5, 0.6) is 0 Å². The summed E-state index contributed by atoms with van der Waals surface area (Å²) in [6.45, 7) is -0.0627. The molecular formula is C27H35F2N5O8. The zero-order valence-corrected chi connectivity index (χ0v) is 23.1. The van der Waals surface area contributed by atoms with Gasteiger partial charge in [0.15, 0.2) is 11.6 Å². The number of methoxy groups -OCH3 is 1. The topological polar surface area (TPSA) is 161 Å². The summed E-state index contributed by atoms with van der Waals surface area (Å²) in [4.78, 5) is 57.5. The van der Waals surface area contributed by atoms with Crippen molar-refractivity contribution in [3.63, 3.8) is 0 Å². The molecule has 4 saturated heterocycles. The van der Waals surface area contributed by atoms with Crippen LogP contribution in [-0.2, 0) is 35.2 Å². The molecule has 0 spiro atoms. The van der Waals surface area contributed by atoms with Gasteiger partial charge in [0.1, 0.15) is 31.0 Å². The molecule has 13 nitrogen and oxygen atoms in total. The SMILES string of the molecule is COCC(=O)N1CCN2C[C@H]1C(=O)NC[C@H]1O[C@@H](CC(=O)N[C@H]3C[C@@H](C2=O)N(Cc2ccc(F)c(F)c2)C3)[C@H](O)[C@@H]1O. The lowest BCUT2D eigenvalue weighted by molar-refractivity contribution is -0.152. The van der Waals surface area contributed by atoms with E-state index in [1.165, 1.54) is 23.0 Å². The number of benzene rings is 1. The molecule has 42 heavy (non-hydrogen) atoms. The fraction of sp³-hybridized carbons (Fsp3) is 0.630. The number of rotatable bonds is 4. The van der Waals surface area contributed by atoms with E-state index in [1.54, 1.807) is 4.90 Å². The van der Waals surface area contributed by atoms with Crippen molar-refractivity contribution in [2.75, 3.05) is 46.4 Å². The number of piperazine rings is 1. The molecule has 0 unspecified atom stereocenters. The largest absolute Gasteiger partial charge is 0.388 e. The van der Waals surface area contributed by atoms with Gasteiger partial charge in [-0.15, -0.1) is 0 Å². The van der Waals surface area contributed by atoms with Gasteiger partial charge in [-0.1, -0.05) is 6.07 Å². The Hall–Kier alpha value is -3.24. The van der Waals surface area contributed by atoms with Crippen molar-refractivity contribution in [3.05, 3.63) is 35.4 Å². The van der Waals surface area contributed by atoms with Crippen LogP contribution in [0.4, 0.5) is 8.78 Å². The van der Waals surface area contributed by atoms with Gasteiger partial charge in [0.25, 0.3) is 0 Å². The highest BCUT2D eigenvalue weighted by atomic mass is 19.2. The van der Waals surface area contributed by atoms with E-state index in [2.05, 4.69) is 10.6 Å². The number of nitrogens with one attached hydrogen (secondary N) is 2. The standard InChI is InChI=1S/C27H35F2N5O8/c1-41-13-23(36)34-5-4-32-12-19(34)26(39)30-9-21-25(38)24(37)20(42-21)8-22(35)31-15-7-18(27(32)40)33(11-15)10-14-2-3-16(28)17(29)6-14/h2-3,6,15,18-21,24-25,37-38H,4-5,7-13H2,1H3,(H,30,39)(H,31,35)/t15-,18-,19-,20-,21+,24-,25+/m0/s1. The predicted molar refractivity (Wildman–Crippen MR) is 139 cm³/mol. The highest BCUT2D eigenvalue weighted by Gasteiger charge is 2.46. The molecule has 1 aromatic rings. The molecule has 7 atom stereocenters. The first kappa shape index (κ1) is 30.2. The maximum absolute atomic E-state index is 14.0. The summed E-state index contributed by atoms with van der Waals surface area (Å²) in [7, 11) is 1.36. The third-order valence-corrected chi connectivity index (χ3v) is 8.33. The number of carbonyl (C=O) groups excluding carboxylic acids is 4. The second-order valence-electron chi connectivity index (χ2n) is 11.2. The van der Waals surface area contributed by atoms with Crippen LogP contribution in [0, 0.1) is 11.6 Å². The molecule has 230 valence electrons. The monoisotopic (exact) mass is 595 g/mol. The molecule has 1 aromatic carbocycles. The van der Waals surface area contributed by atoms with Crippen LogP contribution in [0.3, 0.4) is 0 Å². The van der Waals surface area contributed by atoms with Gasteiger partial charge in [0, 0.05) is 45.9 Å². The predicted octanol–water partition coefficient (Wildman–Crippen LogP) is -2.28. The Labute approximate surface area is 240 Å². The number of amides is 4. The van der Waals surface area contributed by atoms with Gasteiger partial charge in [-0.3, -0.25) is 24.1 Å². The molecule has 0 saturated carbocycles. The third kappa shape index (κ3) is 6.24. The number of likely N-dealkylation sites (tertiary alicyclic amines) is 1. The zero-order valence-electron chi connectivity index (χ0n) is 23.1. The van der Waals surface area contributed by atoms with Gasteiger partial charge < -0.3 is 40.1 Å².